The maximum Gasteiger partial charge on any atom is 0.260 e. The van der Waals surface area contributed by atoms with Gasteiger partial charge in [0.25, 0.3) is 5.91 Å². The second-order valence-corrected chi connectivity index (χ2v) is 5.96. The van der Waals surface area contributed by atoms with E-state index in [2.05, 4.69) is 5.32 Å². The van der Waals surface area contributed by atoms with Crippen LogP contribution in [0.2, 0.25) is 0 Å². The third-order valence-corrected chi connectivity index (χ3v) is 4.04. The van der Waals surface area contributed by atoms with Crippen LogP contribution >= 0.6 is 0 Å². The van der Waals surface area contributed by atoms with Crippen LogP contribution in [-0.4, -0.2) is 18.1 Å². The predicted molar refractivity (Wildman–Crippen MR) is 84.2 cm³/mol. The fourth-order valence-electron chi connectivity index (χ4n) is 2.67. The van der Waals surface area contributed by atoms with Crippen molar-refractivity contribution in [2.24, 2.45) is 5.73 Å². The Kier molecular flexibility index (Phi) is 5.62. The number of nitrogens with two attached hydrogens (primary N) is 1. The fraction of sp³-hybridized carbons (Fsp3) is 0.588. The van der Waals surface area contributed by atoms with Crippen molar-refractivity contribution in [2.75, 3.05) is 0 Å². The standard InChI is InChI=1S/C17H26N2O2/c1-12(18)14-8-10-16(11-9-14)21-13(2)17(20)19-15-6-4-3-5-7-15/h8-13,15H,3-7,18H2,1-2H3,(H,19,20)/t12-,13?/m0/s1. The normalized spacial score (nSPS) is 18.8. The molecule has 21 heavy (non-hydrogen) atoms. The maximum atomic E-state index is 12.1. The molecular weight excluding hydrogens is 264 g/mol. The van der Waals surface area contributed by atoms with E-state index >= 15 is 0 Å². The quantitative estimate of drug-likeness (QED) is 0.876. The number of nitrogens with one attached hydrogen (secondary N) is 1. The molecule has 3 N–H and O–H groups in total. The maximum absolute atomic E-state index is 12.1. The minimum absolute atomic E-state index is 0.00562. The van der Waals surface area contributed by atoms with Crippen LogP contribution in [-0.2, 0) is 4.79 Å². The van der Waals surface area contributed by atoms with Gasteiger partial charge in [-0.25, -0.2) is 0 Å². The molecule has 0 heterocycles. The first-order valence-corrected chi connectivity index (χ1v) is 7.89. The molecule has 1 aliphatic carbocycles. The highest BCUT2D eigenvalue weighted by Crippen LogP contribution is 2.19. The number of rotatable bonds is 5. The molecule has 2 rings (SSSR count). The molecule has 4 heteroatoms. The monoisotopic (exact) mass is 290 g/mol. The Bertz CT molecular complexity index is 450. The van der Waals surface area contributed by atoms with E-state index < -0.39 is 6.10 Å². The van der Waals surface area contributed by atoms with E-state index in [1.165, 1.54) is 19.3 Å². The van der Waals surface area contributed by atoms with Gasteiger partial charge in [-0.05, 0) is 44.4 Å². The topological polar surface area (TPSA) is 64.3 Å². The van der Waals surface area contributed by atoms with E-state index in [4.69, 9.17) is 10.5 Å². The van der Waals surface area contributed by atoms with Crippen molar-refractivity contribution in [1.29, 1.82) is 0 Å². The van der Waals surface area contributed by atoms with Crippen molar-refractivity contribution in [3.63, 3.8) is 0 Å². The van der Waals surface area contributed by atoms with Gasteiger partial charge in [0.15, 0.2) is 6.10 Å². The number of carbonyl (C=O) groups is 1. The van der Waals surface area contributed by atoms with Crippen LogP contribution in [0.1, 0.15) is 57.6 Å². The summed E-state index contributed by atoms with van der Waals surface area (Å²) in [7, 11) is 0. The summed E-state index contributed by atoms with van der Waals surface area (Å²) < 4.78 is 5.70. The molecule has 1 aromatic carbocycles. The summed E-state index contributed by atoms with van der Waals surface area (Å²) in [5.74, 6) is 0.670. The molecule has 2 atom stereocenters. The first-order valence-electron chi connectivity index (χ1n) is 7.89. The summed E-state index contributed by atoms with van der Waals surface area (Å²) in [5.41, 5.74) is 6.87. The molecule has 1 fully saturated rings. The predicted octanol–water partition coefficient (Wildman–Crippen LogP) is 2.92. The van der Waals surface area contributed by atoms with Gasteiger partial charge in [-0.3, -0.25) is 4.79 Å². The van der Waals surface area contributed by atoms with Gasteiger partial charge in [0.1, 0.15) is 5.75 Å². The van der Waals surface area contributed by atoms with Crippen LogP contribution in [0.3, 0.4) is 0 Å². The van der Waals surface area contributed by atoms with E-state index in [1.54, 1.807) is 6.92 Å². The van der Waals surface area contributed by atoms with E-state index in [0.717, 1.165) is 18.4 Å². The first-order chi connectivity index (χ1) is 10.1. The zero-order valence-corrected chi connectivity index (χ0v) is 13.0. The van der Waals surface area contributed by atoms with Gasteiger partial charge >= 0.3 is 0 Å². The Morgan fingerprint density at radius 2 is 1.81 bits per heavy atom. The van der Waals surface area contributed by atoms with Crippen LogP contribution in [0.25, 0.3) is 0 Å². The average molecular weight is 290 g/mol. The highest BCUT2D eigenvalue weighted by atomic mass is 16.5. The van der Waals surface area contributed by atoms with Crippen LogP contribution in [0.5, 0.6) is 5.75 Å². The average Bonchev–Trinajstić information content (AvgIpc) is 2.48. The molecule has 1 saturated carbocycles. The Hall–Kier alpha value is -1.55. The minimum Gasteiger partial charge on any atom is -0.481 e. The van der Waals surface area contributed by atoms with Crippen molar-refractivity contribution in [2.45, 2.75) is 64.1 Å². The van der Waals surface area contributed by atoms with Crippen LogP contribution in [0.4, 0.5) is 0 Å². The van der Waals surface area contributed by atoms with Crippen molar-refractivity contribution < 1.29 is 9.53 Å². The summed E-state index contributed by atoms with van der Waals surface area (Å²) in [5, 5.41) is 3.08. The number of ether oxygens (including phenoxy) is 1. The molecular formula is C17H26N2O2. The van der Waals surface area contributed by atoms with Gasteiger partial charge in [-0.2, -0.15) is 0 Å². The highest BCUT2D eigenvalue weighted by molar-refractivity contribution is 5.81. The molecule has 1 amide bonds. The molecule has 0 saturated heterocycles. The summed E-state index contributed by atoms with van der Waals surface area (Å²) in [4.78, 5) is 12.1. The lowest BCUT2D eigenvalue weighted by Gasteiger charge is -2.24. The van der Waals surface area contributed by atoms with Gasteiger partial charge in [-0.1, -0.05) is 31.4 Å². The summed E-state index contributed by atoms with van der Waals surface area (Å²) in [6.45, 7) is 3.73. The van der Waals surface area contributed by atoms with Gasteiger partial charge in [0.2, 0.25) is 0 Å². The molecule has 0 aliphatic heterocycles. The Morgan fingerprint density at radius 1 is 1.19 bits per heavy atom. The number of benzene rings is 1. The van der Waals surface area contributed by atoms with E-state index in [0.29, 0.717) is 11.8 Å². The van der Waals surface area contributed by atoms with Gasteiger partial charge < -0.3 is 15.8 Å². The molecule has 0 spiro atoms. The number of amides is 1. The molecule has 0 radical (unpaired) electrons. The number of carbonyl (C=O) groups excluding carboxylic acids is 1. The third kappa shape index (κ3) is 4.74. The molecule has 116 valence electrons. The lowest BCUT2D eigenvalue weighted by Crippen LogP contribution is -2.43. The third-order valence-electron chi connectivity index (χ3n) is 4.04. The molecule has 1 aliphatic rings. The van der Waals surface area contributed by atoms with Crippen molar-refractivity contribution >= 4 is 5.91 Å². The zero-order valence-electron chi connectivity index (χ0n) is 13.0. The highest BCUT2D eigenvalue weighted by Gasteiger charge is 2.20. The second kappa shape index (κ2) is 7.46. The minimum atomic E-state index is -0.479. The molecule has 1 aromatic rings. The smallest absolute Gasteiger partial charge is 0.260 e. The molecule has 1 unspecified atom stereocenters. The lowest BCUT2D eigenvalue weighted by atomic mass is 9.95. The number of hydrogen-bond acceptors (Lipinski definition) is 3. The fourth-order valence-corrected chi connectivity index (χ4v) is 2.67. The van der Waals surface area contributed by atoms with E-state index in [-0.39, 0.29) is 11.9 Å². The largest absolute Gasteiger partial charge is 0.481 e. The first kappa shape index (κ1) is 15.8. The lowest BCUT2D eigenvalue weighted by molar-refractivity contribution is -0.128. The Labute approximate surface area is 127 Å². The molecule has 0 bridgehead atoms. The van der Waals surface area contributed by atoms with Crippen LogP contribution < -0.4 is 15.8 Å². The second-order valence-electron chi connectivity index (χ2n) is 5.96. The molecule has 4 nitrogen and oxygen atoms in total. The van der Waals surface area contributed by atoms with Crippen LogP contribution in [0, 0.1) is 0 Å². The van der Waals surface area contributed by atoms with Crippen molar-refractivity contribution in [1.82, 2.24) is 5.32 Å². The molecule has 0 aromatic heterocycles. The van der Waals surface area contributed by atoms with Gasteiger partial charge in [0, 0.05) is 12.1 Å². The SMILES string of the molecule is CC(Oc1ccc([C@H](C)N)cc1)C(=O)NC1CCCCC1. The van der Waals surface area contributed by atoms with Crippen molar-refractivity contribution in [3.8, 4) is 5.75 Å². The Balaban J connectivity index is 1.84. The summed E-state index contributed by atoms with van der Waals surface area (Å²) in [6.07, 6.45) is 5.39. The van der Waals surface area contributed by atoms with Crippen LogP contribution in [0.15, 0.2) is 24.3 Å². The Morgan fingerprint density at radius 3 is 2.38 bits per heavy atom. The summed E-state index contributed by atoms with van der Waals surface area (Å²) in [6, 6.07) is 7.92. The van der Waals surface area contributed by atoms with E-state index in [1.807, 2.05) is 31.2 Å². The van der Waals surface area contributed by atoms with Gasteiger partial charge in [-0.15, -0.1) is 0 Å². The van der Waals surface area contributed by atoms with Crippen molar-refractivity contribution in [3.05, 3.63) is 29.8 Å². The summed E-state index contributed by atoms with van der Waals surface area (Å²) >= 11 is 0. The van der Waals surface area contributed by atoms with E-state index in [9.17, 15) is 4.79 Å². The van der Waals surface area contributed by atoms with Gasteiger partial charge in [0.05, 0.1) is 0 Å². The number of hydrogen-bond donors (Lipinski definition) is 2. The zero-order chi connectivity index (χ0) is 15.2.